The highest BCUT2D eigenvalue weighted by Gasteiger charge is 2.08. The molecule has 0 saturated heterocycles. The molecule has 2 N–H and O–H groups in total. The minimum atomic E-state index is -0.307. The maximum Gasteiger partial charge on any atom is 0.0662 e. The van der Waals surface area contributed by atoms with Gasteiger partial charge in [-0.2, -0.15) is 0 Å². The smallest absolute Gasteiger partial charge is 0.0662 e. The van der Waals surface area contributed by atoms with Gasteiger partial charge in [-0.05, 0) is 41.2 Å². The van der Waals surface area contributed by atoms with E-state index in [1.807, 2.05) is 18.4 Å². The summed E-state index contributed by atoms with van der Waals surface area (Å²) in [5, 5.41) is 14.6. The van der Waals surface area contributed by atoms with E-state index in [9.17, 15) is 5.11 Å². The first kappa shape index (κ1) is 11.2. The summed E-state index contributed by atoms with van der Waals surface area (Å²) >= 11 is 5.17. The second-order valence-corrected chi connectivity index (χ2v) is 4.96. The van der Waals surface area contributed by atoms with Crippen molar-refractivity contribution < 1.29 is 5.11 Å². The molecule has 1 aromatic rings. The highest BCUT2D eigenvalue weighted by Crippen LogP contribution is 2.22. The predicted octanol–water partition coefficient (Wildman–Crippen LogP) is 2.37. The fraction of sp³-hybridized carbons (Fsp3) is 0.556. The van der Waals surface area contributed by atoms with Crippen molar-refractivity contribution in [1.82, 2.24) is 5.32 Å². The van der Waals surface area contributed by atoms with Crippen molar-refractivity contribution in [2.45, 2.75) is 32.5 Å². The van der Waals surface area contributed by atoms with Crippen LogP contribution in [0, 0.1) is 0 Å². The van der Waals surface area contributed by atoms with Gasteiger partial charge in [-0.3, -0.25) is 0 Å². The third-order valence-electron chi connectivity index (χ3n) is 2.00. The van der Waals surface area contributed by atoms with Gasteiger partial charge in [0.1, 0.15) is 0 Å². The van der Waals surface area contributed by atoms with Crippen molar-refractivity contribution in [2.75, 3.05) is 0 Å². The lowest BCUT2D eigenvalue weighted by Gasteiger charge is -2.15. The molecule has 1 rings (SSSR count). The molecule has 0 amide bonds. The number of hydrogen-bond donors (Lipinski definition) is 2. The maximum absolute atomic E-state index is 9.25. The Morgan fingerprint density at radius 1 is 1.62 bits per heavy atom. The lowest BCUT2D eigenvalue weighted by molar-refractivity contribution is 0.152. The fourth-order valence-electron chi connectivity index (χ4n) is 0.875. The zero-order valence-corrected chi connectivity index (χ0v) is 10.2. The minimum absolute atomic E-state index is 0.133. The largest absolute Gasteiger partial charge is 0.392 e. The molecule has 1 heterocycles. The van der Waals surface area contributed by atoms with Crippen LogP contribution in [0.5, 0.6) is 0 Å². The Kier molecular flexibility index (Phi) is 4.38. The molecule has 1 aromatic heterocycles. The molecular formula is C9H14BrNOS. The van der Waals surface area contributed by atoms with E-state index in [0.29, 0.717) is 0 Å². The van der Waals surface area contributed by atoms with E-state index < -0.39 is 0 Å². The molecule has 0 fully saturated rings. The Balaban J connectivity index is 2.39. The Hall–Kier alpha value is 0.100. The van der Waals surface area contributed by atoms with E-state index in [2.05, 4.69) is 21.2 Å². The van der Waals surface area contributed by atoms with Gasteiger partial charge in [0.15, 0.2) is 0 Å². The third kappa shape index (κ3) is 3.38. The monoisotopic (exact) mass is 263 g/mol. The number of hydrogen-bond acceptors (Lipinski definition) is 3. The van der Waals surface area contributed by atoms with Gasteiger partial charge in [-0.15, -0.1) is 11.3 Å². The third-order valence-corrected chi connectivity index (χ3v) is 3.93. The van der Waals surface area contributed by atoms with Gasteiger partial charge in [0.05, 0.1) is 6.10 Å². The van der Waals surface area contributed by atoms with Crippen molar-refractivity contribution in [3.05, 3.63) is 20.8 Å². The van der Waals surface area contributed by atoms with Crippen molar-refractivity contribution in [2.24, 2.45) is 0 Å². The first-order chi connectivity index (χ1) is 6.11. The molecule has 0 radical (unpaired) electrons. The summed E-state index contributed by atoms with van der Waals surface area (Å²) in [6, 6.07) is 2.17. The van der Waals surface area contributed by atoms with Gasteiger partial charge in [0.2, 0.25) is 0 Å². The van der Waals surface area contributed by atoms with Crippen LogP contribution < -0.4 is 5.32 Å². The molecule has 74 valence electrons. The van der Waals surface area contributed by atoms with Crippen molar-refractivity contribution in [1.29, 1.82) is 0 Å². The number of aliphatic hydroxyl groups excluding tert-OH is 1. The van der Waals surface area contributed by atoms with E-state index in [0.717, 1.165) is 11.0 Å². The molecule has 0 spiro atoms. The van der Waals surface area contributed by atoms with Gasteiger partial charge in [-0.25, -0.2) is 0 Å². The summed E-state index contributed by atoms with van der Waals surface area (Å²) < 4.78 is 1.14. The van der Waals surface area contributed by atoms with Gasteiger partial charge in [0, 0.05) is 21.9 Å². The molecule has 0 aliphatic heterocycles. The summed E-state index contributed by atoms with van der Waals surface area (Å²) in [4.78, 5) is 1.27. The lowest BCUT2D eigenvalue weighted by atomic mass is 10.2. The second kappa shape index (κ2) is 5.10. The molecule has 13 heavy (non-hydrogen) atoms. The number of nitrogens with one attached hydrogen (secondary N) is 1. The average molecular weight is 264 g/mol. The standard InChI is InChI=1S/C9H14BrNOS/c1-6(7(2)12)11-5-9-8(10)3-4-13-9/h3-4,6-7,11-12H,5H2,1-2H3. The van der Waals surface area contributed by atoms with E-state index in [1.165, 1.54) is 4.88 Å². The van der Waals surface area contributed by atoms with Crippen LogP contribution in [-0.2, 0) is 6.54 Å². The predicted molar refractivity (Wildman–Crippen MR) is 60.0 cm³/mol. The lowest BCUT2D eigenvalue weighted by Crippen LogP contribution is -2.34. The molecule has 2 nitrogen and oxygen atoms in total. The molecule has 0 aliphatic rings. The normalized spacial score (nSPS) is 15.7. The fourth-order valence-corrected chi connectivity index (χ4v) is 2.32. The molecule has 4 heteroatoms. The first-order valence-electron chi connectivity index (χ1n) is 4.24. The zero-order valence-electron chi connectivity index (χ0n) is 7.75. The molecule has 0 bridgehead atoms. The van der Waals surface area contributed by atoms with Gasteiger partial charge < -0.3 is 10.4 Å². The summed E-state index contributed by atoms with van der Waals surface area (Å²) in [5.74, 6) is 0. The molecule has 2 unspecified atom stereocenters. The highest BCUT2D eigenvalue weighted by atomic mass is 79.9. The quantitative estimate of drug-likeness (QED) is 0.875. The average Bonchev–Trinajstić information content (AvgIpc) is 2.47. The van der Waals surface area contributed by atoms with Crippen LogP contribution in [0.1, 0.15) is 18.7 Å². The molecule has 0 aliphatic carbocycles. The van der Waals surface area contributed by atoms with Crippen LogP contribution in [0.3, 0.4) is 0 Å². The Morgan fingerprint density at radius 2 is 2.31 bits per heavy atom. The number of rotatable bonds is 4. The Labute approximate surface area is 91.1 Å². The van der Waals surface area contributed by atoms with Crippen molar-refractivity contribution in [3.8, 4) is 0 Å². The minimum Gasteiger partial charge on any atom is -0.392 e. The summed E-state index contributed by atoms with van der Waals surface area (Å²) in [7, 11) is 0. The Bertz CT molecular complexity index is 262. The number of thiophene rings is 1. The Morgan fingerprint density at radius 3 is 2.77 bits per heavy atom. The topological polar surface area (TPSA) is 32.3 Å². The molecular weight excluding hydrogens is 250 g/mol. The van der Waals surface area contributed by atoms with E-state index in [-0.39, 0.29) is 12.1 Å². The van der Waals surface area contributed by atoms with Crippen LogP contribution in [0.2, 0.25) is 0 Å². The maximum atomic E-state index is 9.25. The van der Waals surface area contributed by atoms with Gasteiger partial charge in [0.25, 0.3) is 0 Å². The van der Waals surface area contributed by atoms with E-state index in [1.54, 1.807) is 18.3 Å². The van der Waals surface area contributed by atoms with Crippen LogP contribution in [0.15, 0.2) is 15.9 Å². The first-order valence-corrected chi connectivity index (χ1v) is 5.92. The number of halogens is 1. The van der Waals surface area contributed by atoms with Gasteiger partial charge in [-0.1, -0.05) is 0 Å². The number of aliphatic hydroxyl groups is 1. The van der Waals surface area contributed by atoms with E-state index in [4.69, 9.17) is 0 Å². The van der Waals surface area contributed by atoms with Crippen molar-refractivity contribution >= 4 is 27.3 Å². The summed E-state index contributed by atoms with van der Waals surface area (Å²) in [6.07, 6.45) is -0.307. The van der Waals surface area contributed by atoms with Crippen LogP contribution >= 0.6 is 27.3 Å². The zero-order chi connectivity index (χ0) is 9.84. The molecule has 0 saturated carbocycles. The molecule has 0 aromatic carbocycles. The van der Waals surface area contributed by atoms with Gasteiger partial charge >= 0.3 is 0 Å². The van der Waals surface area contributed by atoms with Crippen LogP contribution in [0.25, 0.3) is 0 Å². The van der Waals surface area contributed by atoms with Crippen molar-refractivity contribution in [3.63, 3.8) is 0 Å². The second-order valence-electron chi connectivity index (χ2n) is 3.10. The van der Waals surface area contributed by atoms with Crippen LogP contribution in [0.4, 0.5) is 0 Å². The molecule has 2 atom stereocenters. The SMILES string of the molecule is CC(O)C(C)NCc1sccc1Br. The van der Waals surface area contributed by atoms with Crippen LogP contribution in [-0.4, -0.2) is 17.3 Å². The highest BCUT2D eigenvalue weighted by molar-refractivity contribution is 9.10. The summed E-state index contributed by atoms with van der Waals surface area (Å²) in [5.41, 5.74) is 0. The summed E-state index contributed by atoms with van der Waals surface area (Å²) in [6.45, 7) is 4.58. The van der Waals surface area contributed by atoms with E-state index >= 15 is 0 Å².